The molecule has 0 saturated heterocycles. The van der Waals surface area contributed by atoms with Crippen LogP contribution in [0.3, 0.4) is 0 Å². The monoisotopic (exact) mass is 680 g/mol. The van der Waals surface area contributed by atoms with Gasteiger partial charge in [0.2, 0.25) is 0 Å². The van der Waals surface area contributed by atoms with Gasteiger partial charge in [0.05, 0.1) is 12.7 Å². The summed E-state index contributed by atoms with van der Waals surface area (Å²) in [5.41, 5.74) is 0. The van der Waals surface area contributed by atoms with E-state index in [9.17, 15) is 19.3 Å². The second-order valence-corrected chi connectivity index (χ2v) is 13.0. The molecule has 0 aromatic heterocycles. The smallest absolute Gasteiger partial charge is 0.462 e. The van der Waals surface area contributed by atoms with Crippen LogP contribution < -0.4 is 0 Å². The predicted octanol–water partition coefficient (Wildman–Crippen LogP) is 8.78. The van der Waals surface area contributed by atoms with E-state index in [-0.39, 0.29) is 19.4 Å². The van der Waals surface area contributed by atoms with Gasteiger partial charge in [-0.1, -0.05) is 132 Å². The number of phosphoric ester groups is 1. The number of rotatable bonds is 29. The summed E-state index contributed by atoms with van der Waals surface area (Å²) in [6, 6.07) is 0. The van der Waals surface area contributed by atoms with Gasteiger partial charge >= 0.3 is 19.8 Å². The van der Waals surface area contributed by atoms with Crippen molar-refractivity contribution in [2.75, 3.05) is 13.2 Å². The molecular formula is C37H61O9P. The Balaban J connectivity index is 4.26. The van der Waals surface area contributed by atoms with Crippen molar-refractivity contribution < 1.29 is 43.0 Å². The maximum atomic E-state index is 12.3. The number of carbonyl (C=O) groups excluding carboxylic acids is 2. The third-order valence-corrected chi connectivity index (χ3v) is 7.25. The van der Waals surface area contributed by atoms with Gasteiger partial charge < -0.3 is 24.4 Å². The van der Waals surface area contributed by atoms with Gasteiger partial charge in [-0.15, -0.1) is 0 Å². The highest BCUT2D eigenvalue weighted by Gasteiger charge is 2.22. The molecule has 3 N–H and O–H groups in total. The van der Waals surface area contributed by atoms with E-state index in [2.05, 4.69) is 61.8 Å². The molecule has 2 atom stereocenters. The lowest BCUT2D eigenvalue weighted by atomic mass is 10.0. The average molecular weight is 681 g/mol. The van der Waals surface area contributed by atoms with E-state index in [1.54, 1.807) is 24.3 Å². The first-order valence-corrected chi connectivity index (χ1v) is 18.7. The summed E-state index contributed by atoms with van der Waals surface area (Å²) in [5.74, 6) is -0.369. The van der Waals surface area contributed by atoms with E-state index >= 15 is 0 Å². The number of hydrogen-bond acceptors (Lipinski definition) is 7. The highest BCUT2D eigenvalue weighted by atomic mass is 31.2. The van der Waals surface area contributed by atoms with Crippen molar-refractivity contribution in [3.8, 4) is 0 Å². The van der Waals surface area contributed by atoms with Crippen LogP contribution in [-0.4, -0.2) is 52.3 Å². The number of esters is 2. The Labute approximate surface area is 283 Å². The van der Waals surface area contributed by atoms with Gasteiger partial charge in [0.15, 0.2) is 6.10 Å². The molecule has 0 spiro atoms. The minimum absolute atomic E-state index is 0.0571. The summed E-state index contributed by atoms with van der Waals surface area (Å²) >= 11 is 0. The number of phosphoric acid groups is 1. The summed E-state index contributed by atoms with van der Waals surface area (Å²) in [5, 5.41) is 10.1. The third kappa shape index (κ3) is 34.6. The standard InChI is InChI=1S/C37H61O9P/c1-4-5-6-7-8-9-10-11-12-13-14-18-22-27-34(38)28-23-20-25-29-36(39)44-31-35(32-45-47(41,42)43)46-37(40)30-24-19-16-15-17-21-26-33(2)3/h5-6,8-9,11-12,14,18,20,22-23,27,33-35,38H,4,7,10,13,15-17,19,21,24-26,28-32H2,1-3H3,(H2,41,42,43)/b6-5-,9-8-,12-11-,18-14-,23-20-,27-22-/t34?,35-/m1/s1. The normalized spacial score (nSPS) is 14.2. The van der Waals surface area contributed by atoms with E-state index < -0.39 is 38.6 Å². The number of aliphatic hydroxyl groups excluding tert-OH is 1. The molecule has 0 aromatic rings. The molecule has 0 fully saturated rings. The number of unbranched alkanes of at least 4 members (excludes halogenated alkanes) is 5. The van der Waals surface area contributed by atoms with Crippen molar-refractivity contribution in [2.24, 2.45) is 5.92 Å². The second kappa shape index (κ2) is 30.8. The van der Waals surface area contributed by atoms with Crippen molar-refractivity contribution >= 4 is 19.8 Å². The van der Waals surface area contributed by atoms with E-state index in [1.807, 2.05) is 12.2 Å². The molecular weight excluding hydrogens is 619 g/mol. The molecule has 0 bridgehead atoms. The minimum atomic E-state index is -4.79. The molecule has 0 rings (SSSR count). The molecule has 10 heteroatoms. The minimum Gasteiger partial charge on any atom is -0.462 e. The largest absolute Gasteiger partial charge is 0.469 e. The SMILES string of the molecule is CC/C=C\C/C=C\C/C=C\C/C=C\C=C/C(O)C/C=C\CCC(=O)OC[C@H](COP(=O)(O)O)OC(=O)CCCCCCCCC(C)C. The van der Waals surface area contributed by atoms with Gasteiger partial charge in [0, 0.05) is 12.8 Å². The van der Waals surface area contributed by atoms with Crippen LogP contribution in [0.5, 0.6) is 0 Å². The molecule has 9 nitrogen and oxygen atoms in total. The molecule has 0 aliphatic carbocycles. The summed E-state index contributed by atoms with van der Waals surface area (Å²) in [7, 11) is -4.79. The van der Waals surface area contributed by atoms with Gasteiger partial charge in [-0.2, -0.15) is 0 Å². The van der Waals surface area contributed by atoms with Crippen LogP contribution in [0.2, 0.25) is 0 Å². The molecule has 0 radical (unpaired) electrons. The van der Waals surface area contributed by atoms with Gasteiger partial charge in [-0.3, -0.25) is 14.1 Å². The second-order valence-electron chi connectivity index (χ2n) is 11.8. The van der Waals surface area contributed by atoms with Crippen molar-refractivity contribution in [2.45, 2.75) is 129 Å². The third-order valence-electron chi connectivity index (χ3n) is 6.76. The number of aliphatic hydroxyl groups is 1. The number of ether oxygens (including phenoxy) is 2. The van der Waals surface area contributed by atoms with Crippen molar-refractivity contribution in [3.05, 3.63) is 72.9 Å². The quantitative estimate of drug-likeness (QED) is 0.0233. The molecule has 0 saturated carbocycles. The summed E-state index contributed by atoms with van der Waals surface area (Å²) in [6.45, 7) is 5.59. The molecule has 47 heavy (non-hydrogen) atoms. The average Bonchev–Trinajstić information content (AvgIpc) is 3.01. The summed E-state index contributed by atoms with van der Waals surface area (Å²) in [6.07, 6.45) is 34.1. The Hall–Kier alpha value is -2.55. The zero-order chi connectivity index (χ0) is 35.0. The number of allylic oxidation sites excluding steroid dienone is 10. The van der Waals surface area contributed by atoms with Crippen LogP contribution in [0, 0.1) is 5.92 Å². The highest BCUT2D eigenvalue weighted by molar-refractivity contribution is 7.46. The summed E-state index contributed by atoms with van der Waals surface area (Å²) < 4.78 is 26.0. The van der Waals surface area contributed by atoms with Crippen LogP contribution in [0.25, 0.3) is 0 Å². The Morgan fingerprint density at radius 1 is 0.723 bits per heavy atom. The Morgan fingerprint density at radius 2 is 1.34 bits per heavy atom. The maximum absolute atomic E-state index is 12.3. The molecule has 0 amide bonds. The molecule has 0 aliphatic heterocycles. The lowest BCUT2D eigenvalue weighted by Crippen LogP contribution is -2.29. The molecule has 0 aromatic carbocycles. The lowest BCUT2D eigenvalue weighted by Gasteiger charge is -2.18. The fourth-order valence-corrected chi connectivity index (χ4v) is 4.56. The van der Waals surface area contributed by atoms with E-state index in [0.717, 1.165) is 44.9 Å². The van der Waals surface area contributed by atoms with Gasteiger partial charge in [0.1, 0.15) is 6.61 Å². The first-order chi connectivity index (χ1) is 22.5. The van der Waals surface area contributed by atoms with Crippen LogP contribution in [0.1, 0.15) is 117 Å². The number of carbonyl (C=O) groups is 2. The molecule has 1 unspecified atom stereocenters. The molecule has 268 valence electrons. The first-order valence-electron chi connectivity index (χ1n) is 17.2. The van der Waals surface area contributed by atoms with Gasteiger partial charge in [-0.25, -0.2) is 4.57 Å². The Morgan fingerprint density at radius 3 is 1.98 bits per heavy atom. The van der Waals surface area contributed by atoms with Gasteiger partial charge in [0.25, 0.3) is 0 Å². The zero-order valence-corrected chi connectivity index (χ0v) is 29.8. The zero-order valence-electron chi connectivity index (χ0n) is 28.9. The fraction of sp³-hybridized carbons (Fsp3) is 0.622. The topological polar surface area (TPSA) is 140 Å². The van der Waals surface area contributed by atoms with Crippen LogP contribution in [0.15, 0.2) is 72.9 Å². The maximum Gasteiger partial charge on any atom is 0.469 e. The Bertz CT molecular complexity index is 1020. The Kier molecular flexibility index (Phi) is 29.1. The molecule has 0 aliphatic rings. The fourth-order valence-electron chi connectivity index (χ4n) is 4.19. The van der Waals surface area contributed by atoms with Crippen LogP contribution in [0.4, 0.5) is 0 Å². The van der Waals surface area contributed by atoms with E-state index in [4.69, 9.17) is 19.3 Å². The lowest BCUT2D eigenvalue weighted by molar-refractivity contribution is -0.161. The van der Waals surface area contributed by atoms with E-state index in [0.29, 0.717) is 25.2 Å². The van der Waals surface area contributed by atoms with Crippen LogP contribution >= 0.6 is 7.82 Å². The van der Waals surface area contributed by atoms with Crippen LogP contribution in [-0.2, 0) is 28.2 Å². The van der Waals surface area contributed by atoms with Crippen molar-refractivity contribution in [3.63, 3.8) is 0 Å². The highest BCUT2D eigenvalue weighted by Crippen LogP contribution is 2.35. The van der Waals surface area contributed by atoms with Crippen molar-refractivity contribution in [1.82, 2.24) is 0 Å². The van der Waals surface area contributed by atoms with E-state index in [1.165, 1.54) is 19.3 Å². The molecule has 0 heterocycles. The van der Waals surface area contributed by atoms with Gasteiger partial charge in [-0.05, 0) is 50.9 Å². The first kappa shape index (κ1) is 44.5. The predicted molar refractivity (Wildman–Crippen MR) is 189 cm³/mol. The summed E-state index contributed by atoms with van der Waals surface area (Å²) in [4.78, 5) is 42.5. The number of hydrogen-bond donors (Lipinski definition) is 3. The van der Waals surface area contributed by atoms with Crippen molar-refractivity contribution in [1.29, 1.82) is 0 Å².